The van der Waals surface area contributed by atoms with E-state index in [0.717, 1.165) is 12.8 Å². The van der Waals surface area contributed by atoms with Gasteiger partial charge in [-0.3, -0.25) is 0 Å². The van der Waals surface area contributed by atoms with Gasteiger partial charge in [0.05, 0.1) is 0 Å². The maximum absolute atomic E-state index is 8.82. The first kappa shape index (κ1) is 7.48. The van der Waals surface area contributed by atoms with E-state index >= 15 is 0 Å². The first-order valence-corrected chi connectivity index (χ1v) is 3.83. The molecule has 0 aromatic carbocycles. The summed E-state index contributed by atoms with van der Waals surface area (Å²) in [6.45, 7) is 2.07. The molecule has 0 fully saturated rings. The van der Waals surface area contributed by atoms with Crippen molar-refractivity contribution in [1.29, 1.82) is 0 Å². The molecule has 1 nitrogen and oxygen atoms in total. The zero-order chi connectivity index (χ0) is 5.70. The molecule has 0 spiro atoms. The molecular formula is C5H12CuO. The van der Waals surface area contributed by atoms with Crippen LogP contribution in [0.15, 0.2) is 0 Å². The Hall–Kier alpha value is 0.479. The van der Waals surface area contributed by atoms with Crippen LogP contribution in [0.1, 0.15) is 19.8 Å². The molecule has 0 bridgehead atoms. The monoisotopic (exact) mass is 151 g/mol. The van der Waals surface area contributed by atoms with Gasteiger partial charge in [0.25, 0.3) is 0 Å². The number of rotatable bonds is 3. The average molecular weight is 152 g/mol. The van der Waals surface area contributed by atoms with Crippen LogP contribution in [0.3, 0.4) is 0 Å². The summed E-state index contributed by atoms with van der Waals surface area (Å²) in [6.07, 6.45) is 1.98. The minimum absolute atomic E-state index is 0.145. The summed E-state index contributed by atoms with van der Waals surface area (Å²) < 4.78 is 0. The van der Waals surface area contributed by atoms with Crippen LogP contribution >= 0.6 is 0 Å². The number of aliphatic hydroxyl groups is 1. The quantitative estimate of drug-likeness (QED) is 0.602. The first-order valence-electron chi connectivity index (χ1n) is 2.35. The molecule has 0 aromatic heterocycles. The third-order valence-corrected chi connectivity index (χ3v) is 1.61. The van der Waals surface area contributed by atoms with Crippen molar-refractivity contribution in [3.05, 3.63) is 0 Å². The van der Waals surface area contributed by atoms with E-state index in [1.807, 2.05) is 5.82 Å². The number of hydrogen-bond donors (Lipinski definition) is 1. The first-order chi connectivity index (χ1) is 3.31. The zero-order valence-corrected chi connectivity index (χ0v) is 5.68. The SMILES string of the molecule is CCC[CH](O)[Cu][CH3]. The Kier molecular flexibility index (Phi) is 4.95. The molecule has 0 aliphatic rings. The molecule has 1 atom stereocenters. The third kappa shape index (κ3) is 4.33. The topological polar surface area (TPSA) is 20.2 Å². The summed E-state index contributed by atoms with van der Waals surface area (Å²) in [5, 5.41) is 8.67. The molecular weight excluding hydrogens is 140 g/mol. The van der Waals surface area contributed by atoms with E-state index in [-0.39, 0.29) is 5.00 Å². The van der Waals surface area contributed by atoms with Crippen LogP contribution in [0.2, 0.25) is 5.82 Å². The Bertz CT molecular complexity index is 39.1. The summed E-state index contributed by atoms with van der Waals surface area (Å²) >= 11 is 1.58. The molecule has 0 heterocycles. The molecule has 0 saturated carbocycles. The van der Waals surface area contributed by atoms with Gasteiger partial charge in [0.2, 0.25) is 0 Å². The summed E-state index contributed by atoms with van der Waals surface area (Å²) in [5.41, 5.74) is 0. The van der Waals surface area contributed by atoms with Gasteiger partial charge in [0.1, 0.15) is 0 Å². The zero-order valence-electron chi connectivity index (χ0n) is 4.74. The summed E-state index contributed by atoms with van der Waals surface area (Å²) in [7, 11) is 0. The van der Waals surface area contributed by atoms with Crippen LogP contribution in [-0.4, -0.2) is 10.1 Å². The molecule has 0 radical (unpaired) electrons. The van der Waals surface area contributed by atoms with Gasteiger partial charge in [0.15, 0.2) is 0 Å². The Balaban J connectivity index is 2.83. The van der Waals surface area contributed by atoms with Gasteiger partial charge >= 0.3 is 50.7 Å². The van der Waals surface area contributed by atoms with Crippen LogP contribution in [0.5, 0.6) is 0 Å². The molecule has 2 heteroatoms. The Labute approximate surface area is 51.3 Å². The minimum atomic E-state index is -0.145. The van der Waals surface area contributed by atoms with E-state index in [1.54, 1.807) is 15.0 Å². The van der Waals surface area contributed by atoms with E-state index in [9.17, 15) is 0 Å². The second kappa shape index (κ2) is 4.63. The van der Waals surface area contributed by atoms with Gasteiger partial charge in [-0.25, -0.2) is 0 Å². The summed E-state index contributed by atoms with van der Waals surface area (Å²) in [6, 6.07) is 0. The Morgan fingerprint density at radius 3 is 2.43 bits per heavy atom. The average Bonchev–Trinajstić information content (AvgIpc) is 1.68. The molecule has 0 aliphatic heterocycles. The van der Waals surface area contributed by atoms with E-state index in [4.69, 9.17) is 5.11 Å². The van der Waals surface area contributed by atoms with E-state index in [2.05, 4.69) is 6.92 Å². The van der Waals surface area contributed by atoms with Crippen LogP contribution < -0.4 is 0 Å². The molecule has 0 saturated heterocycles. The van der Waals surface area contributed by atoms with Crippen LogP contribution in [0, 0.1) is 0 Å². The van der Waals surface area contributed by atoms with E-state index < -0.39 is 0 Å². The van der Waals surface area contributed by atoms with Crippen molar-refractivity contribution in [2.24, 2.45) is 0 Å². The van der Waals surface area contributed by atoms with E-state index in [1.165, 1.54) is 0 Å². The molecule has 0 rings (SSSR count). The van der Waals surface area contributed by atoms with Crippen LogP contribution in [0.4, 0.5) is 0 Å². The fraction of sp³-hybridized carbons (Fsp3) is 1.00. The predicted octanol–water partition coefficient (Wildman–Crippen LogP) is 1.24. The fourth-order valence-corrected chi connectivity index (χ4v) is 0.847. The van der Waals surface area contributed by atoms with Gasteiger partial charge < -0.3 is 0 Å². The van der Waals surface area contributed by atoms with Crippen molar-refractivity contribution < 1.29 is 20.1 Å². The Morgan fingerprint density at radius 1 is 1.71 bits per heavy atom. The summed E-state index contributed by atoms with van der Waals surface area (Å²) in [5.74, 6) is 1.91. The number of aliphatic hydroxyl groups excluding tert-OH is 1. The molecule has 7 heavy (non-hydrogen) atoms. The van der Waals surface area contributed by atoms with Crippen molar-refractivity contribution >= 4 is 0 Å². The molecule has 1 unspecified atom stereocenters. The van der Waals surface area contributed by atoms with Crippen molar-refractivity contribution in [2.75, 3.05) is 0 Å². The molecule has 0 amide bonds. The molecule has 0 aromatic rings. The van der Waals surface area contributed by atoms with Crippen LogP contribution in [-0.2, 0) is 15.0 Å². The van der Waals surface area contributed by atoms with Crippen molar-refractivity contribution in [3.8, 4) is 0 Å². The standard InChI is InChI=1S/C4H9O.CH3.Cu/c1-2-3-4-5;;/h4-5H,2-3H2,1H3;1H3;. The fourth-order valence-electron chi connectivity index (χ4n) is 0.303. The van der Waals surface area contributed by atoms with Gasteiger partial charge in [-0.1, -0.05) is 0 Å². The Morgan fingerprint density at radius 2 is 2.29 bits per heavy atom. The second-order valence-corrected chi connectivity index (χ2v) is 2.52. The third-order valence-electron chi connectivity index (χ3n) is 0.706. The molecule has 0 aliphatic carbocycles. The predicted molar refractivity (Wildman–Crippen MR) is 26.8 cm³/mol. The van der Waals surface area contributed by atoms with Crippen molar-refractivity contribution in [2.45, 2.75) is 30.6 Å². The van der Waals surface area contributed by atoms with E-state index in [0.29, 0.717) is 0 Å². The molecule has 49 valence electrons. The van der Waals surface area contributed by atoms with Gasteiger partial charge in [-0.2, -0.15) is 0 Å². The van der Waals surface area contributed by atoms with Gasteiger partial charge in [-0.15, -0.1) is 0 Å². The summed E-state index contributed by atoms with van der Waals surface area (Å²) in [4.78, 5) is 0. The van der Waals surface area contributed by atoms with Crippen LogP contribution in [0.25, 0.3) is 0 Å². The van der Waals surface area contributed by atoms with Crippen molar-refractivity contribution in [1.82, 2.24) is 0 Å². The second-order valence-electron chi connectivity index (χ2n) is 1.35. The van der Waals surface area contributed by atoms with Gasteiger partial charge in [0, 0.05) is 0 Å². The number of hydrogen-bond acceptors (Lipinski definition) is 1. The maximum atomic E-state index is 8.82. The molecule has 1 N–H and O–H groups in total. The normalized spacial score (nSPS) is 14.7. The van der Waals surface area contributed by atoms with Gasteiger partial charge in [-0.05, 0) is 0 Å². The van der Waals surface area contributed by atoms with Crippen molar-refractivity contribution in [3.63, 3.8) is 0 Å².